The van der Waals surface area contributed by atoms with Crippen molar-refractivity contribution in [2.24, 2.45) is 0 Å². The monoisotopic (exact) mass is 332 g/mol. The minimum absolute atomic E-state index is 0.286. The van der Waals surface area contributed by atoms with Crippen molar-refractivity contribution < 1.29 is 4.74 Å². The number of anilines is 1. The Hall–Kier alpha value is -0.970. The van der Waals surface area contributed by atoms with Crippen LogP contribution in [-0.4, -0.2) is 4.98 Å². The second-order valence-corrected chi connectivity index (χ2v) is 5.02. The molecule has 1 aromatic heterocycles. The SMILES string of the molecule is Nc1cc(Br)cc(Oc2ncc(Cl)cc2Cl)c1. The Morgan fingerprint density at radius 2 is 1.94 bits per heavy atom. The van der Waals surface area contributed by atoms with Crippen molar-refractivity contribution in [3.8, 4) is 11.6 Å². The molecule has 0 unspecified atom stereocenters. The Labute approximate surface area is 117 Å². The van der Waals surface area contributed by atoms with E-state index in [2.05, 4.69) is 20.9 Å². The third-order valence-electron chi connectivity index (χ3n) is 1.88. The van der Waals surface area contributed by atoms with Crippen molar-refractivity contribution in [1.29, 1.82) is 0 Å². The van der Waals surface area contributed by atoms with Crippen LogP contribution in [-0.2, 0) is 0 Å². The van der Waals surface area contributed by atoms with Gasteiger partial charge >= 0.3 is 0 Å². The molecule has 88 valence electrons. The van der Waals surface area contributed by atoms with Gasteiger partial charge < -0.3 is 10.5 Å². The highest BCUT2D eigenvalue weighted by Crippen LogP contribution is 2.31. The van der Waals surface area contributed by atoms with Gasteiger partial charge in [-0.15, -0.1) is 0 Å². The average molecular weight is 334 g/mol. The molecule has 1 heterocycles. The van der Waals surface area contributed by atoms with Crippen LogP contribution < -0.4 is 10.5 Å². The molecular weight excluding hydrogens is 327 g/mol. The lowest BCUT2D eigenvalue weighted by atomic mass is 10.3. The van der Waals surface area contributed by atoms with Gasteiger partial charge in [0.25, 0.3) is 0 Å². The van der Waals surface area contributed by atoms with E-state index in [-0.39, 0.29) is 5.88 Å². The third kappa shape index (κ3) is 3.25. The van der Waals surface area contributed by atoms with E-state index in [1.54, 1.807) is 24.3 Å². The predicted molar refractivity (Wildman–Crippen MR) is 72.9 cm³/mol. The Morgan fingerprint density at radius 1 is 1.18 bits per heavy atom. The normalized spacial score (nSPS) is 10.3. The van der Waals surface area contributed by atoms with E-state index in [0.717, 1.165) is 4.47 Å². The predicted octanol–water partition coefficient (Wildman–Crippen LogP) is 4.53. The summed E-state index contributed by atoms with van der Waals surface area (Å²) in [6.07, 6.45) is 1.46. The first-order valence-electron chi connectivity index (χ1n) is 4.59. The van der Waals surface area contributed by atoms with Gasteiger partial charge in [-0.2, -0.15) is 0 Å². The van der Waals surface area contributed by atoms with Crippen LogP contribution >= 0.6 is 39.1 Å². The van der Waals surface area contributed by atoms with Crippen molar-refractivity contribution >= 4 is 44.8 Å². The molecule has 2 rings (SSSR count). The molecule has 2 aromatic rings. The molecule has 0 saturated heterocycles. The fourth-order valence-electron chi connectivity index (χ4n) is 1.23. The number of halogens is 3. The van der Waals surface area contributed by atoms with Gasteiger partial charge in [-0.05, 0) is 18.2 Å². The number of aromatic nitrogens is 1. The van der Waals surface area contributed by atoms with Gasteiger partial charge in [0, 0.05) is 22.4 Å². The van der Waals surface area contributed by atoms with Gasteiger partial charge in [-0.3, -0.25) is 0 Å². The molecule has 17 heavy (non-hydrogen) atoms. The minimum atomic E-state index is 0.286. The molecule has 0 atom stereocenters. The van der Waals surface area contributed by atoms with Crippen LogP contribution in [0.15, 0.2) is 34.9 Å². The highest BCUT2D eigenvalue weighted by Gasteiger charge is 2.06. The van der Waals surface area contributed by atoms with E-state index in [4.69, 9.17) is 33.7 Å². The van der Waals surface area contributed by atoms with Crippen molar-refractivity contribution in [3.05, 3.63) is 45.0 Å². The zero-order chi connectivity index (χ0) is 12.4. The van der Waals surface area contributed by atoms with E-state index in [1.165, 1.54) is 6.20 Å². The van der Waals surface area contributed by atoms with Gasteiger partial charge in [0.05, 0.1) is 5.02 Å². The molecular formula is C11H7BrCl2N2O. The molecule has 0 aliphatic rings. The zero-order valence-electron chi connectivity index (χ0n) is 8.45. The lowest BCUT2D eigenvalue weighted by Crippen LogP contribution is -1.91. The number of nitrogen functional groups attached to an aromatic ring is 1. The van der Waals surface area contributed by atoms with Gasteiger partial charge in [0.1, 0.15) is 10.8 Å². The summed E-state index contributed by atoms with van der Waals surface area (Å²) in [6.45, 7) is 0. The minimum Gasteiger partial charge on any atom is -0.437 e. The topological polar surface area (TPSA) is 48.1 Å². The van der Waals surface area contributed by atoms with Gasteiger partial charge in [-0.1, -0.05) is 39.1 Å². The summed E-state index contributed by atoms with van der Waals surface area (Å²) in [5.74, 6) is 0.835. The maximum absolute atomic E-state index is 5.94. The van der Waals surface area contributed by atoms with Gasteiger partial charge in [0.2, 0.25) is 5.88 Å². The van der Waals surface area contributed by atoms with E-state index in [1.807, 2.05) is 0 Å². The number of nitrogens with two attached hydrogens (primary N) is 1. The van der Waals surface area contributed by atoms with Crippen LogP contribution in [0.5, 0.6) is 11.6 Å². The molecule has 2 N–H and O–H groups in total. The number of hydrogen-bond acceptors (Lipinski definition) is 3. The maximum atomic E-state index is 5.94. The summed E-state index contributed by atoms with van der Waals surface area (Å²) in [5.41, 5.74) is 6.27. The first-order chi connectivity index (χ1) is 8.04. The summed E-state index contributed by atoms with van der Waals surface area (Å²) in [5, 5.41) is 0.798. The first-order valence-corrected chi connectivity index (χ1v) is 6.14. The quantitative estimate of drug-likeness (QED) is 0.821. The van der Waals surface area contributed by atoms with Crippen LogP contribution in [0.3, 0.4) is 0 Å². The van der Waals surface area contributed by atoms with E-state index < -0.39 is 0 Å². The fourth-order valence-corrected chi connectivity index (χ4v) is 2.14. The lowest BCUT2D eigenvalue weighted by Gasteiger charge is -2.07. The molecule has 0 fully saturated rings. The fraction of sp³-hybridized carbons (Fsp3) is 0. The number of pyridine rings is 1. The number of benzene rings is 1. The summed E-state index contributed by atoms with van der Waals surface area (Å²) in [4.78, 5) is 3.99. The zero-order valence-corrected chi connectivity index (χ0v) is 11.6. The van der Waals surface area contributed by atoms with Crippen LogP contribution in [0.1, 0.15) is 0 Å². The van der Waals surface area contributed by atoms with Crippen molar-refractivity contribution in [2.75, 3.05) is 5.73 Å². The van der Waals surface area contributed by atoms with E-state index in [9.17, 15) is 0 Å². The molecule has 0 spiro atoms. The number of nitrogens with zero attached hydrogens (tertiary/aromatic N) is 1. The van der Waals surface area contributed by atoms with Crippen molar-refractivity contribution in [2.45, 2.75) is 0 Å². The highest BCUT2D eigenvalue weighted by atomic mass is 79.9. The van der Waals surface area contributed by atoms with Crippen LogP contribution in [0.4, 0.5) is 5.69 Å². The molecule has 0 bridgehead atoms. The summed E-state index contributed by atoms with van der Waals surface area (Å²) >= 11 is 15.0. The smallest absolute Gasteiger partial charge is 0.238 e. The average Bonchev–Trinajstić information content (AvgIpc) is 2.21. The van der Waals surface area contributed by atoms with E-state index >= 15 is 0 Å². The molecule has 6 heteroatoms. The number of rotatable bonds is 2. The number of hydrogen-bond donors (Lipinski definition) is 1. The van der Waals surface area contributed by atoms with Crippen LogP contribution in [0.2, 0.25) is 10.0 Å². The Balaban J connectivity index is 2.31. The molecule has 0 radical (unpaired) electrons. The third-order valence-corrected chi connectivity index (χ3v) is 2.82. The highest BCUT2D eigenvalue weighted by molar-refractivity contribution is 9.10. The largest absolute Gasteiger partial charge is 0.437 e. The lowest BCUT2D eigenvalue weighted by molar-refractivity contribution is 0.463. The Kier molecular flexibility index (Phi) is 3.76. The summed E-state index contributed by atoms with van der Waals surface area (Å²) in [7, 11) is 0. The van der Waals surface area contributed by atoms with Crippen LogP contribution in [0, 0.1) is 0 Å². The Bertz CT molecular complexity index is 543. The standard InChI is InChI=1S/C11H7BrCl2N2O/c12-6-1-8(15)4-9(2-6)17-11-10(14)3-7(13)5-16-11/h1-5H,15H2. The second-order valence-electron chi connectivity index (χ2n) is 3.26. The first kappa shape index (κ1) is 12.5. The van der Waals surface area contributed by atoms with Crippen LogP contribution in [0.25, 0.3) is 0 Å². The van der Waals surface area contributed by atoms with Gasteiger partial charge in [0.15, 0.2) is 0 Å². The molecule has 0 amide bonds. The maximum Gasteiger partial charge on any atom is 0.238 e. The number of ether oxygens (including phenoxy) is 1. The second kappa shape index (κ2) is 5.12. The summed E-state index contributed by atoms with van der Waals surface area (Å²) < 4.78 is 6.33. The van der Waals surface area contributed by atoms with Crippen molar-refractivity contribution in [3.63, 3.8) is 0 Å². The van der Waals surface area contributed by atoms with E-state index in [0.29, 0.717) is 21.5 Å². The molecule has 0 aliphatic heterocycles. The Morgan fingerprint density at radius 3 is 2.59 bits per heavy atom. The molecule has 3 nitrogen and oxygen atoms in total. The molecule has 0 aliphatic carbocycles. The summed E-state index contributed by atoms with van der Waals surface area (Å²) in [6, 6.07) is 6.77. The van der Waals surface area contributed by atoms with Gasteiger partial charge in [-0.25, -0.2) is 4.98 Å². The molecule has 1 aromatic carbocycles. The molecule has 0 saturated carbocycles. The van der Waals surface area contributed by atoms with Crippen molar-refractivity contribution in [1.82, 2.24) is 4.98 Å².